The first kappa shape index (κ1) is 8.43. The summed E-state index contributed by atoms with van der Waals surface area (Å²) in [7, 11) is 0. The summed E-state index contributed by atoms with van der Waals surface area (Å²) >= 11 is 3.26. The van der Waals surface area contributed by atoms with Crippen LogP contribution >= 0.6 is 15.9 Å². The summed E-state index contributed by atoms with van der Waals surface area (Å²) in [5.74, 6) is 0. The lowest BCUT2D eigenvalue weighted by molar-refractivity contribution is 0.907. The Morgan fingerprint density at radius 1 is 1.73 bits per heavy atom. The predicted molar refractivity (Wildman–Crippen MR) is 49.1 cm³/mol. The fraction of sp³-hybridized carbons (Fsp3) is 0.125. The minimum Gasteiger partial charge on any atom is -0.321 e. The van der Waals surface area contributed by atoms with E-state index < -0.39 is 0 Å². The average Bonchev–Trinajstić information content (AvgIpc) is 2.03. The van der Waals surface area contributed by atoms with Crippen molar-refractivity contribution >= 4 is 15.9 Å². The molecule has 1 aromatic heterocycles. The molecule has 0 fully saturated rings. The smallest absolute Gasteiger partial charge is 0.106 e. The van der Waals surface area contributed by atoms with Gasteiger partial charge in [-0.2, -0.15) is 0 Å². The SMILES string of the molecule is C=CC(N)c1ccnc(Br)c1. The van der Waals surface area contributed by atoms with Crippen molar-refractivity contribution in [3.8, 4) is 0 Å². The van der Waals surface area contributed by atoms with Crippen LogP contribution in [0.25, 0.3) is 0 Å². The summed E-state index contributed by atoms with van der Waals surface area (Å²) in [6, 6.07) is 3.65. The van der Waals surface area contributed by atoms with E-state index in [0.717, 1.165) is 10.2 Å². The quantitative estimate of drug-likeness (QED) is 0.603. The molecule has 0 aliphatic heterocycles. The molecule has 0 spiro atoms. The molecular weight excluding hydrogens is 204 g/mol. The second kappa shape index (κ2) is 3.64. The highest BCUT2D eigenvalue weighted by atomic mass is 79.9. The Bertz CT molecular complexity index is 260. The Morgan fingerprint density at radius 3 is 3.00 bits per heavy atom. The van der Waals surface area contributed by atoms with E-state index in [1.54, 1.807) is 12.3 Å². The van der Waals surface area contributed by atoms with E-state index in [1.165, 1.54) is 0 Å². The molecule has 3 heteroatoms. The minimum absolute atomic E-state index is 0.103. The van der Waals surface area contributed by atoms with Gasteiger partial charge in [-0.1, -0.05) is 6.08 Å². The summed E-state index contributed by atoms with van der Waals surface area (Å²) in [6.07, 6.45) is 3.41. The maximum absolute atomic E-state index is 5.70. The Kier molecular flexibility index (Phi) is 2.79. The van der Waals surface area contributed by atoms with E-state index in [0.29, 0.717) is 0 Å². The Morgan fingerprint density at radius 2 is 2.45 bits per heavy atom. The van der Waals surface area contributed by atoms with E-state index >= 15 is 0 Å². The number of nitrogens with zero attached hydrogens (tertiary/aromatic N) is 1. The number of hydrogen-bond acceptors (Lipinski definition) is 2. The second-order valence-corrected chi connectivity index (χ2v) is 2.99. The third-order valence-corrected chi connectivity index (χ3v) is 1.82. The maximum atomic E-state index is 5.70. The van der Waals surface area contributed by atoms with Gasteiger partial charge in [0.25, 0.3) is 0 Å². The predicted octanol–water partition coefficient (Wildman–Crippen LogP) is 2.03. The summed E-state index contributed by atoms with van der Waals surface area (Å²) in [4.78, 5) is 3.98. The molecule has 0 saturated carbocycles. The molecule has 0 saturated heterocycles. The topological polar surface area (TPSA) is 38.9 Å². The van der Waals surface area contributed by atoms with Crippen LogP contribution in [0.3, 0.4) is 0 Å². The summed E-state index contributed by atoms with van der Waals surface area (Å²) in [6.45, 7) is 3.61. The van der Waals surface area contributed by atoms with Crippen molar-refractivity contribution in [1.82, 2.24) is 4.98 Å². The van der Waals surface area contributed by atoms with Crippen molar-refractivity contribution in [1.29, 1.82) is 0 Å². The van der Waals surface area contributed by atoms with E-state index in [2.05, 4.69) is 27.5 Å². The van der Waals surface area contributed by atoms with Gasteiger partial charge in [-0.15, -0.1) is 6.58 Å². The van der Waals surface area contributed by atoms with Gasteiger partial charge in [0, 0.05) is 12.2 Å². The van der Waals surface area contributed by atoms with Gasteiger partial charge in [-0.05, 0) is 33.6 Å². The highest BCUT2D eigenvalue weighted by molar-refractivity contribution is 9.10. The first-order valence-electron chi connectivity index (χ1n) is 3.23. The fourth-order valence-corrected chi connectivity index (χ4v) is 1.14. The fourth-order valence-electron chi connectivity index (χ4n) is 0.761. The summed E-state index contributed by atoms with van der Waals surface area (Å²) in [5.41, 5.74) is 6.71. The highest BCUT2D eigenvalue weighted by Gasteiger charge is 2.00. The molecule has 1 heterocycles. The van der Waals surface area contributed by atoms with Crippen molar-refractivity contribution in [3.05, 3.63) is 41.2 Å². The van der Waals surface area contributed by atoms with Gasteiger partial charge < -0.3 is 5.73 Å². The number of rotatable bonds is 2. The third kappa shape index (κ3) is 2.13. The van der Waals surface area contributed by atoms with Crippen molar-refractivity contribution in [3.63, 3.8) is 0 Å². The molecule has 1 aromatic rings. The lowest BCUT2D eigenvalue weighted by Gasteiger charge is -2.04. The lowest BCUT2D eigenvalue weighted by Crippen LogP contribution is -2.06. The minimum atomic E-state index is -0.103. The van der Waals surface area contributed by atoms with Gasteiger partial charge in [-0.3, -0.25) is 0 Å². The maximum Gasteiger partial charge on any atom is 0.106 e. The first-order chi connectivity index (χ1) is 5.24. The lowest BCUT2D eigenvalue weighted by atomic mass is 10.1. The molecule has 1 rings (SSSR count). The molecule has 0 aliphatic rings. The van der Waals surface area contributed by atoms with Gasteiger partial charge >= 0.3 is 0 Å². The van der Waals surface area contributed by atoms with Crippen LogP contribution in [0.2, 0.25) is 0 Å². The van der Waals surface area contributed by atoms with Crippen LogP contribution in [-0.4, -0.2) is 4.98 Å². The molecule has 0 aromatic carbocycles. The second-order valence-electron chi connectivity index (χ2n) is 2.17. The molecular formula is C8H9BrN2. The normalized spacial score (nSPS) is 12.5. The zero-order chi connectivity index (χ0) is 8.27. The van der Waals surface area contributed by atoms with Crippen LogP contribution in [0.1, 0.15) is 11.6 Å². The van der Waals surface area contributed by atoms with Gasteiger partial charge in [0.2, 0.25) is 0 Å². The molecule has 1 unspecified atom stereocenters. The largest absolute Gasteiger partial charge is 0.321 e. The van der Waals surface area contributed by atoms with E-state index in [-0.39, 0.29) is 6.04 Å². The van der Waals surface area contributed by atoms with Crippen LogP contribution in [-0.2, 0) is 0 Å². The molecule has 0 amide bonds. The number of aromatic nitrogens is 1. The number of nitrogens with two attached hydrogens (primary N) is 1. The van der Waals surface area contributed by atoms with E-state index in [9.17, 15) is 0 Å². The summed E-state index contributed by atoms with van der Waals surface area (Å²) in [5, 5.41) is 0. The molecule has 0 bridgehead atoms. The van der Waals surface area contributed by atoms with E-state index in [1.807, 2.05) is 12.1 Å². The molecule has 2 N–H and O–H groups in total. The Labute approximate surface area is 74.3 Å². The molecule has 58 valence electrons. The zero-order valence-electron chi connectivity index (χ0n) is 6.00. The van der Waals surface area contributed by atoms with Gasteiger partial charge in [0.05, 0.1) is 0 Å². The van der Waals surface area contributed by atoms with Crippen LogP contribution < -0.4 is 5.73 Å². The van der Waals surface area contributed by atoms with Crippen molar-refractivity contribution < 1.29 is 0 Å². The van der Waals surface area contributed by atoms with Crippen molar-refractivity contribution in [2.45, 2.75) is 6.04 Å². The molecule has 11 heavy (non-hydrogen) atoms. The van der Waals surface area contributed by atoms with Gasteiger partial charge in [0.15, 0.2) is 0 Å². The van der Waals surface area contributed by atoms with Crippen LogP contribution in [0.5, 0.6) is 0 Å². The highest BCUT2D eigenvalue weighted by Crippen LogP contribution is 2.14. The van der Waals surface area contributed by atoms with Crippen LogP contribution in [0.15, 0.2) is 35.6 Å². The van der Waals surface area contributed by atoms with E-state index in [4.69, 9.17) is 5.73 Å². The monoisotopic (exact) mass is 212 g/mol. The zero-order valence-corrected chi connectivity index (χ0v) is 7.58. The molecule has 0 radical (unpaired) electrons. The van der Waals surface area contributed by atoms with Crippen LogP contribution in [0.4, 0.5) is 0 Å². The molecule has 2 nitrogen and oxygen atoms in total. The van der Waals surface area contributed by atoms with Gasteiger partial charge in [-0.25, -0.2) is 4.98 Å². The van der Waals surface area contributed by atoms with Crippen molar-refractivity contribution in [2.24, 2.45) is 5.73 Å². The number of halogens is 1. The first-order valence-corrected chi connectivity index (χ1v) is 4.03. The standard InChI is InChI=1S/C8H9BrN2/c1-2-7(10)6-3-4-11-8(9)5-6/h2-5,7H,1,10H2. The van der Waals surface area contributed by atoms with Crippen molar-refractivity contribution in [2.75, 3.05) is 0 Å². The van der Waals surface area contributed by atoms with Gasteiger partial charge in [0.1, 0.15) is 4.60 Å². The third-order valence-electron chi connectivity index (χ3n) is 1.39. The van der Waals surface area contributed by atoms with Crippen LogP contribution in [0, 0.1) is 0 Å². The number of hydrogen-bond donors (Lipinski definition) is 1. The average molecular weight is 213 g/mol. The Hall–Kier alpha value is -0.670. The molecule has 0 aliphatic carbocycles. The number of pyridine rings is 1. The summed E-state index contributed by atoms with van der Waals surface area (Å²) < 4.78 is 0.798. The molecule has 1 atom stereocenters. The Balaban J connectivity index is 2.95.